The van der Waals surface area contributed by atoms with E-state index in [1.165, 1.54) is 30.9 Å². The molecule has 0 saturated heterocycles. The van der Waals surface area contributed by atoms with Crippen LogP contribution in [0.25, 0.3) is 0 Å². The highest BCUT2D eigenvalue weighted by Crippen LogP contribution is 2.33. The van der Waals surface area contributed by atoms with Crippen molar-refractivity contribution in [3.05, 3.63) is 58.4 Å². The van der Waals surface area contributed by atoms with Gasteiger partial charge < -0.3 is 0 Å². The molecule has 19 heavy (non-hydrogen) atoms. The van der Waals surface area contributed by atoms with Gasteiger partial charge in [0.15, 0.2) is 5.78 Å². The molecule has 0 aliphatic rings. The summed E-state index contributed by atoms with van der Waals surface area (Å²) < 4.78 is 0. The molecule has 0 amide bonds. The Hall–Kier alpha value is -2.21. The maximum Gasteiger partial charge on any atom is 0.283 e. The van der Waals surface area contributed by atoms with Crippen LogP contribution >= 0.6 is 11.8 Å². The number of nitro benzene ring substituents is 1. The van der Waals surface area contributed by atoms with Gasteiger partial charge in [0.05, 0.1) is 9.82 Å². The highest BCUT2D eigenvalue weighted by molar-refractivity contribution is 7.99. The van der Waals surface area contributed by atoms with E-state index in [2.05, 4.69) is 4.98 Å². The molecule has 1 aromatic heterocycles. The fourth-order valence-corrected chi connectivity index (χ4v) is 2.36. The molecule has 6 heteroatoms. The van der Waals surface area contributed by atoms with Crippen LogP contribution in [0, 0.1) is 10.1 Å². The third-order valence-electron chi connectivity index (χ3n) is 2.39. The van der Waals surface area contributed by atoms with Crippen molar-refractivity contribution in [2.24, 2.45) is 0 Å². The molecule has 0 N–H and O–H groups in total. The van der Waals surface area contributed by atoms with Gasteiger partial charge in [0, 0.05) is 24.1 Å². The smallest absolute Gasteiger partial charge is 0.283 e. The average molecular weight is 274 g/mol. The number of benzene rings is 1. The number of rotatable bonds is 4. The molecular formula is C13H10N2O3S. The Morgan fingerprint density at radius 1 is 1.26 bits per heavy atom. The van der Waals surface area contributed by atoms with Crippen molar-refractivity contribution in [1.82, 2.24) is 4.98 Å². The number of hydrogen-bond donors (Lipinski definition) is 0. The largest absolute Gasteiger partial charge is 0.293 e. The summed E-state index contributed by atoms with van der Waals surface area (Å²) in [7, 11) is 0. The first kappa shape index (κ1) is 13.2. The number of hydrogen-bond acceptors (Lipinski definition) is 5. The number of carbonyl (C=O) groups excluding carboxylic acids is 1. The van der Waals surface area contributed by atoms with Crippen molar-refractivity contribution < 1.29 is 9.72 Å². The van der Waals surface area contributed by atoms with Gasteiger partial charge in [0.1, 0.15) is 5.69 Å². The van der Waals surface area contributed by atoms with Gasteiger partial charge in [-0.2, -0.15) is 0 Å². The van der Waals surface area contributed by atoms with Crippen LogP contribution in [0.5, 0.6) is 0 Å². The maximum absolute atomic E-state index is 11.1. The second kappa shape index (κ2) is 5.62. The Bertz CT molecular complexity index is 626. The van der Waals surface area contributed by atoms with Crippen molar-refractivity contribution in [2.75, 3.05) is 0 Å². The Morgan fingerprint density at radius 2 is 2.00 bits per heavy atom. The molecule has 0 aliphatic heterocycles. The summed E-state index contributed by atoms with van der Waals surface area (Å²) in [6.45, 7) is 1.44. The van der Waals surface area contributed by atoms with Crippen LogP contribution < -0.4 is 0 Å². The van der Waals surface area contributed by atoms with Crippen molar-refractivity contribution in [1.29, 1.82) is 0 Å². The lowest BCUT2D eigenvalue weighted by Gasteiger charge is -2.03. The lowest BCUT2D eigenvalue weighted by atomic mass is 10.3. The van der Waals surface area contributed by atoms with Gasteiger partial charge in [0.2, 0.25) is 0 Å². The van der Waals surface area contributed by atoms with Crippen molar-refractivity contribution >= 4 is 23.2 Å². The highest BCUT2D eigenvalue weighted by Gasteiger charge is 2.13. The number of carbonyl (C=O) groups is 1. The second-order valence-corrected chi connectivity index (χ2v) is 4.88. The normalized spacial score (nSPS) is 10.2. The summed E-state index contributed by atoms with van der Waals surface area (Å²) >= 11 is 1.25. The minimum atomic E-state index is -0.417. The molecule has 0 aliphatic carbocycles. The zero-order valence-electron chi connectivity index (χ0n) is 10.1. The lowest BCUT2D eigenvalue weighted by Crippen LogP contribution is -1.95. The number of aromatic nitrogens is 1. The first-order chi connectivity index (χ1) is 9.08. The number of nitrogens with zero attached hydrogens (tertiary/aromatic N) is 2. The predicted octanol–water partition coefficient (Wildman–Crippen LogP) is 3.34. The molecule has 96 valence electrons. The van der Waals surface area contributed by atoms with Gasteiger partial charge in [-0.15, -0.1) is 0 Å². The first-order valence-electron chi connectivity index (χ1n) is 5.46. The number of para-hydroxylation sites is 1. The Balaban J connectivity index is 2.26. The average Bonchev–Trinajstić information content (AvgIpc) is 2.39. The van der Waals surface area contributed by atoms with Crippen LogP contribution in [0.15, 0.2) is 52.4 Å². The summed E-state index contributed by atoms with van der Waals surface area (Å²) in [5.41, 5.74) is 0.440. The summed E-state index contributed by atoms with van der Waals surface area (Å²) in [6.07, 6.45) is 1.54. The molecule has 2 rings (SSSR count). The molecule has 5 nitrogen and oxygen atoms in total. The van der Waals surface area contributed by atoms with Crippen LogP contribution in [0.4, 0.5) is 5.69 Å². The Kier molecular flexibility index (Phi) is 3.91. The highest BCUT2D eigenvalue weighted by atomic mass is 32.2. The van der Waals surface area contributed by atoms with E-state index in [9.17, 15) is 14.9 Å². The third-order valence-corrected chi connectivity index (χ3v) is 3.43. The molecule has 0 spiro atoms. The number of Topliss-reactive ketones (excluding diaryl/α,β-unsaturated/α-hetero) is 1. The van der Waals surface area contributed by atoms with E-state index in [-0.39, 0.29) is 11.5 Å². The predicted molar refractivity (Wildman–Crippen MR) is 71.5 cm³/mol. The molecule has 0 saturated carbocycles. The Morgan fingerprint density at radius 3 is 2.58 bits per heavy atom. The van der Waals surface area contributed by atoms with E-state index in [4.69, 9.17) is 0 Å². The van der Waals surface area contributed by atoms with Gasteiger partial charge in [0.25, 0.3) is 5.69 Å². The minimum absolute atomic E-state index is 0.0585. The summed E-state index contributed by atoms with van der Waals surface area (Å²) in [4.78, 5) is 26.9. The summed E-state index contributed by atoms with van der Waals surface area (Å²) in [6, 6.07) is 9.85. The second-order valence-electron chi connectivity index (χ2n) is 3.76. The quantitative estimate of drug-likeness (QED) is 0.485. The van der Waals surface area contributed by atoms with Gasteiger partial charge in [-0.25, -0.2) is 0 Å². The molecule has 1 aromatic carbocycles. The lowest BCUT2D eigenvalue weighted by molar-refractivity contribution is -0.387. The minimum Gasteiger partial charge on any atom is -0.293 e. The molecule has 0 bridgehead atoms. The number of ketones is 1. The molecule has 0 fully saturated rings. The molecule has 2 aromatic rings. The Labute approximate surface area is 113 Å². The van der Waals surface area contributed by atoms with Crippen LogP contribution in [-0.4, -0.2) is 15.7 Å². The van der Waals surface area contributed by atoms with Crippen molar-refractivity contribution in [3.63, 3.8) is 0 Å². The van der Waals surface area contributed by atoms with E-state index < -0.39 is 4.92 Å². The number of pyridine rings is 1. The van der Waals surface area contributed by atoms with Crippen LogP contribution in [0.1, 0.15) is 17.4 Å². The molecule has 0 atom stereocenters. The van der Waals surface area contributed by atoms with E-state index in [1.807, 2.05) is 0 Å². The van der Waals surface area contributed by atoms with E-state index in [0.717, 1.165) is 4.90 Å². The fraction of sp³-hybridized carbons (Fsp3) is 0.0769. The standard InChI is InChI=1S/C13H10N2O3S/c1-9(16)11-7-6-10(8-14-11)19-13-5-3-2-4-12(13)15(17)18/h2-8H,1H3. The SMILES string of the molecule is CC(=O)c1ccc(Sc2ccccc2[N+](=O)[O-])cn1. The summed E-state index contributed by atoms with van der Waals surface area (Å²) in [5, 5.41) is 10.9. The first-order valence-corrected chi connectivity index (χ1v) is 6.28. The molecular weight excluding hydrogens is 264 g/mol. The monoisotopic (exact) mass is 274 g/mol. The zero-order chi connectivity index (χ0) is 13.8. The molecule has 0 unspecified atom stereocenters. The van der Waals surface area contributed by atoms with E-state index in [0.29, 0.717) is 10.6 Å². The van der Waals surface area contributed by atoms with Crippen LogP contribution in [0.3, 0.4) is 0 Å². The third kappa shape index (κ3) is 3.17. The van der Waals surface area contributed by atoms with Gasteiger partial charge in [-0.1, -0.05) is 23.9 Å². The molecule has 0 radical (unpaired) electrons. The van der Waals surface area contributed by atoms with E-state index >= 15 is 0 Å². The molecule has 1 heterocycles. The van der Waals surface area contributed by atoms with Gasteiger partial charge in [-0.05, 0) is 18.2 Å². The fourth-order valence-electron chi connectivity index (χ4n) is 1.47. The maximum atomic E-state index is 11.1. The summed E-state index contributed by atoms with van der Waals surface area (Å²) in [5.74, 6) is -0.109. The number of nitro groups is 1. The van der Waals surface area contributed by atoms with Crippen molar-refractivity contribution in [2.45, 2.75) is 16.7 Å². The van der Waals surface area contributed by atoms with Gasteiger partial charge in [-0.3, -0.25) is 19.9 Å². The topological polar surface area (TPSA) is 73.1 Å². The van der Waals surface area contributed by atoms with Gasteiger partial charge >= 0.3 is 0 Å². The van der Waals surface area contributed by atoms with Crippen molar-refractivity contribution in [3.8, 4) is 0 Å². The zero-order valence-corrected chi connectivity index (χ0v) is 10.9. The van der Waals surface area contributed by atoms with E-state index in [1.54, 1.807) is 30.3 Å². The van der Waals surface area contributed by atoms with Crippen LogP contribution in [-0.2, 0) is 0 Å². The van der Waals surface area contributed by atoms with Crippen LogP contribution in [0.2, 0.25) is 0 Å².